The van der Waals surface area contributed by atoms with Gasteiger partial charge in [-0.25, -0.2) is 0 Å². The molecular formula is C14H28N2O. The van der Waals surface area contributed by atoms with Gasteiger partial charge >= 0.3 is 0 Å². The summed E-state index contributed by atoms with van der Waals surface area (Å²) in [5.41, 5.74) is 6.15. The molecule has 0 radical (unpaired) electrons. The van der Waals surface area contributed by atoms with Gasteiger partial charge in [-0.1, -0.05) is 27.7 Å². The quantitative estimate of drug-likeness (QED) is 0.778. The summed E-state index contributed by atoms with van der Waals surface area (Å²) in [6.07, 6.45) is 2.89. The molecule has 3 heteroatoms. The van der Waals surface area contributed by atoms with E-state index in [0.717, 1.165) is 19.3 Å². The van der Waals surface area contributed by atoms with Crippen molar-refractivity contribution in [2.75, 3.05) is 0 Å². The van der Waals surface area contributed by atoms with Crippen molar-refractivity contribution in [2.45, 2.75) is 66.0 Å². The summed E-state index contributed by atoms with van der Waals surface area (Å²) >= 11 is 0. The number of carbonyl (C=O) groups is 1. The van der Waals surface area contributed by atoms with Crippen LogP contribution in [0, 0.1) is 17.3 Å². The monoisotopic (exact) mass is 240 g/mol. The van der Waals surface area contributed by atoms with Crippen LogP contribution in [0.4, 0.5) is 0 Å². The van der Waals surface area contributed by atoms with Crippen LogP contribution in [0.5, 0.6) is 0 Å². The van der Waals surface area contributed by atoms with Crippen molar-refractivity contribution >= 4 is 5.91 Å². The first-order valence-corrected chi connectivity index (χ1v) is 6.77. The van der Waals surface area contributed by atoms with Crippen molar-refractivity contribution in [1.82, 2.24) is 5.32 Å². The molecule has 1 amide bonds. The van der Waals surface area contributed by atoms with Crippen molar-refractivity contribution in [3.05, 3.63) is 0 Å². The van der Waals surface area contributed by atoms with E-state index in [4.69, 9.17) is 5.73 Å². The molecule has 0 saturated heterocycles. The van der Waals surface area contributed by atoms with E-state index in [-0.39, 0.29) is 29.3 Å². The van der Waals surface area contributed by atoms with Crippen molar-refractivity contribution in [2.24, 2.45) is 23.0 Å². The maximum absolute atomic E-state index is 12.1. The lowest BCUT2D eigenvalue weighted by molar-refractivity contribution is -0.127. The highest BCUT2D eigenvalue weighted by Crippen LogP contribution is 2.28. The second kappa shape index (κ2) is 5.38. The third-order valence-electron chi connectivity index (χ3n) is 4.29. The third-order valence-corrected chi connectivity index (χ3v) is 4.29. The van der Waals surface area contributed by atoms with E-state index in [2.05, 4.69) is 39.9 Å². The Kier molecular flexibility index (Phi) is 4.59. The number of nitrogens with one attached hydrogen (secondary N) is 1. The van der Waals surface area contributed by atoms with Crippen LogP contribution in [0.2, 0.25) is 0 Å². The van der Waals surface area contributed by atoms with E-state index in [1.807, 2.05) is 0 Å². The molecule has 3 nitrogen and oxygen atoms in total. The lowest BCUT2D eigenvalue weighted by Crippen LogP contribution is -2.47. The van der Waals surface area contributed by atoms with E-state index >= 15 is 0 Å². The Labute approximate surface area is 106 Å². The fraction of sp³-hybridized carbons (Fsp3) is 0.929. The zero-order chi connectivity index (χ0) is 13.2. The zero-order valence-corrected chi connectivity index (χ0v) is 11.9. The Morgan fingerprint density at radius 3 is 2.41 bits per heavy atom. The first-order chi connectivity index (χ1) is 7.71. The Balaban J connectivity index is 2.49. The highest BCUT2D eigenvalue weighted by Gasteiger charge is 2.31. The molecule has 4 atom stereocenters. The van der Waals surface area contributed by atoms with Gasteiger partial charge in [0.15, 0.2) is 0 Å². The first kappa shape index (κ1) is 14.5. The summed E-state index contributed by atoms with van der Waals surface area (Å²) in [6.45, 7) is 10.7. The van der Waals surface area contributed by atoms with Gasteiger partial charge in [-0.15, -0.1) is 0 Å². The van der Waals surface area contributed by atoms with E-state index in [9.17, 15) is 4.79 Å². The van der Waals surface area contributed by atoms with E-state index in [1.54, 1.807) is 0 Å². The predicted octanol–water partition coefficient (Wildman–Crippen LogP) is 2.30. The average molecular weight is 240 g/mol. The van der Waals surface area contributed by atoms with Crippen LogP contribution < -0.4 is 11.1 Å². The van der Waals surface area contributed by atoms with Gasteiger partial charge in [0.25, 0.3) is 0 Å². The molecule has 0 aromatic heterocycles. The average Bonchev–Trinajstić information content (AvgIpc) is 2.20. The molecule has 0 aromatic rings. The largest absolute Gasteiger partial charge is 0.353 e. The lowest BCUT2D eigenvalue weighted by atomic mass is 9.78. The number of carbonyl (C=O) groups excluding carboxylic acids is 1. The molecule has 1 fully saturated rings. The van der Waals surface area contributed by atoms with E-state index < -0.39 is 0 Å². The van der Waals surface area contributed by atoms with Gasteiger partial charge in [0.2, 0.25) is 5.91 Å². The standard InChI is InChI=1S/C14H28N2O/c1-9-6-7-11(8-12(9)15)13(17)16-10(2)14(3,4)5/h9-12H,6-8,15H2,1-5H3,(H,16,17). The summed E-state index contributed by atoms with van der Waals surface area (Å²) < 4.78 is 0. The number of hydrogen-bond acceptors (Lipinski definition) is 2. The van der Waals surface area contributed by atoms with Crippen molar-refractivity contribution in [3.8, 4) is 0 Å². The van der Waals surface area contributed by atoms with Crippen LogP contribution in [0.25, 0.3) is 0 Å². The molecule has 0 bridgehead atoms. The normalized spacial score (nSPS) is 32.0. The molecule has 1 aliphatic carbocycles. The molecule has 3 N–H and O–H groups in total. The smallest absolute Gasteiger partial charge is 0.223 e. The Morgan fingerprint density at radius 2 is 1.94 bits per heavy atom. The topological polar surface area (TPSA) is 55.1 Å². The molecule has 4 unspecified atom stereocenters. The van der Waals surface area contributed by atoms with Crippen molar-refractivity contribution in [3.63, 3.8) is 0 Å². The third kappa shape index (κ3) is 3.98. The maximum atomic E-state index is 12.1. The SMILES string of the molecule is CC1CCC(C(=O)NC(C)C(C)(C)C)CC1N. The van der Waals surface area contributed by atoms with Crippen LogP contribution in [0.15, 0.2) is 0 Å². The number of nitrogens with two attached hydrogens (primary N) is 1. The van der Waals surface area contributed by atoms with Crippen molar-refractivity contribution < 1.29 is 4.79 Å². The molecule has 1 rings (SSSR count). The molecule has 100 valence electrons. The zero-order valence-electron chi connectivity index (χ0n) is 11.9. The van der Waals surface area contributed by atoms with E-state index in [0.29, 0.717) is 5.92 Å². The summed E-state index contributed by atoms with van der Waals surface area (Å²) in [5, 5.41) is 3.13. The summed E-state index contributed by atoms with van der Waals surface area (Å²) in [4.78, 5) is 12.1. The van der Waals surface area contributed by atoms with E-state index in [1.165, 1.54) is 0 Å². The Hall–Kier alpha value is -0.570. The lowest BCUT2D eigenvalue weighted by Gasteiger charge is -2.34. The van der Waals surface area contributed by atoms with Gasteiger partial charge in [-0.05, 0) is 37.5 Å². The molecular weight excluding hydrogens is 212 g/mol. The molecule has 0 aromatic carbocycles. The first-order valence-electron chi connectivity index (χ1n) is 6.77. The van der Waals surface area contributed by atoms with Crippen molar-refractivity contribution in [1.29, 1.82) is 0 Å². The fourth-order valence-electron chi connectivity index (χ4n) is 2.14. The second-order valence-corrected chi connectivity index (χ2v) is 6.75. The predicted molar refractivity (Wildman–Crippen MR) is 71.5 cm³/mol. The molecule has 17 heavy (non-hydrogen) atoms. The minimum absolute atomic E-state index is 0.111. The van der Waals surface area contributed by atoms with Gasteiger partial charge in [0.05, 0.1) is 0 Å². The summed E-state index contributed by atoms with van der Waals surface area (Å²) in [5.74, 6) is 0.861. The fourth-order valence-corrected chi connectivity index (χ4v) is 2.14. The van der Waals surface area contributed by atoms with Gasteiger partial charge in [-0.2, -0.15) is 0 Å². The highest BCUT2D eigenvalue weighted by atomic mass is 16.1. The number of hydrogen-bond donors (Lipinski definition) is 2. The number of rotatable bonds is 2. The molecule has 0 spiro atoms. The molecule has 1 aliphatic rings. The highest BCUT2D eigenvalue weighted by molar-refractivity contribution is 5.79. The van der Waals surface area contributed by atoms with Crippen LogP contribution in [-0.4, -0.2) is 18.0 Å². The van der Waals surface area contributed by atoms with Crippen LogP contribution >= 0.6 is 0 Å². The van der Waals surface area contributed by atoms with Gasteiger partial charge in [0, 0.05) is 18.0 Å². The minimum Gasteiger partial charge on any atom is -0.353 e. The van der Waals surface area contributed by atoms with Crippen LogP contribution in [0.3, 0.4) is 0 Å². The summed E-state index contributed by atoms with van der Waals surface area (Å²) in [7, 11) is 0. The Morgan fingerprint density at radius 1 is 1.35 bits per heavy atom. The van der Waals surface area contributed by atoms with Gasteiger partial charge in [-0.3, -0.25) is 4.79 Å². The van der Waals surface area contributed by atoms with Crippen LogP contribution in [-0.2, 0) is 4.79 Å². The molecule has 0 heterocycles. The van der Waals surface area contributed by atoms with Crippen LogP contribution in [0.1, 0.15) is 53.9 Å². The minimum atomic E-state index is 0.111. The number of amides is 1. The molecule has 0 aliphatic heterocycles. The second-order valence-electron chi connectivity index (χ2n) is 6.75. The van der Waals surface area contributed by atoms with Gasteiger partial charge < -0.3 is 11.1 Å². The van der Waals surface area contributed by atoms with Gasteiger partial charge in [0.1, 0.15) is 0 Å². The summed E-state index contributed by atoms with van der Waals surface area (Å²) in [6, 6.07) is 0.384. The Bertz CT molecular complexity index is 270. The maximum Gasteiger partial charge on any atom is 0.223 e. The molecule has 1 saturated carbocycles.